The average Bonchev–Trinajstić information content (AvgIpc) is 3.13. The van der Waals surface area contributed by atoms with Crippen molar-refractivity contribution in [2.75, 3.05) is 0 Å². The van der Waals surface area contributed by atoms with Crippen LogP contribution in [-0.4, -0.2) is 10.9 Å². The maximum Gasteiger partial charge on any atom is 0.223 e. The molecule has 86 valence electrons. The molecule has 1 aromatic rings. The first kappa shape index (κ1) is 10.3. The van der Waals surface area contributed by atoms with Gasteiger partial charge in [0.15, 0.2) is 0 Å². The summed E-state index contributed by atoms with van der Waals surface area (Å²) in [7, 11) is 0. The Morgan fingerprint density at radius 1 is 1.50 bits per heavy atom. The average molecular weight is 236 g/mol. The predicted molar refractivity (Wildman–Crippen MR) is 63.2 cm³/mol. The number of thiazole rings is 1. The SMILES string of the molecule is Cc1cnc(C(NC(=O)C2CC2)C2CC2)s1. The Morgan fingerprint density at radius 2 is 2.25 bits per heavy atom. The van der Waals surface area contributed by atoms with Gasteiger partial charge in [-0.3, -0.25) is 4.79 Å². The van der Waals surface area contributed by atoms with E-state index in [4.69, 9.17) is 0 Å². The van der Waals surface area contributed by atoms with Crippen LogP contribution in [0.15, 0.2) is 6.20 Å². The van der Waals surface area contributed by atoms with Crippen LogP contribution in [-0.2, 0) is 4.79 Å². The van der Waals surface area contributed by atoms with Crippen molar-refractivity contribution in [2.24, 2.45) is 11.8 Å². The van der Waals surface area contributed by atoms with Gasteiger partial charge in [-0.05, 0) is 38.5 Å². The third-order valence-electron chi connectivity index (χ3n) is 3.24. The quantitative estimate of drug-likeness (QED) is 0.872. The lowest BCUT2D eigenvalue weighted by Crippen LogP contribution is -2.30. The Morgan fingerprint density at radius 3 is 2.75 bits per heavy atom. The number of nitrogens with one attached hydrogen (secondary N) is 1. The van der Waals surface area contributed by atoms with E-state index in [9.17, 15) is 4.79 Å². The molecule has 2 fully saturated rings. The van der Waals surface area contributed by atoms with Gasteiger partial charge in [-0.1, -0.05) is 0 Å². The molecule has 1 amide bonds. The summed E-state index contributed by atoms with van der Waals surface area (Å²) in [6.45, 7) is 2.06. The van der Waals surface area contributed by atoms with Crippen LogP contribution in [0.25, 0.3) is 0 Å². The van der Waals surface area contributed by atoms with Crippen molar-refractivity contribution in [1.82, 2.24) is 10.3 Å². The van der Waals surface area contributed by atoms with Crippen molar-refractivity contribution in [1.29, 1.82) is 0 Å². The highest BCUT2D eigenvalue weighted by Gasteiger charge is 2.38. The summed E-state index contributed by atoms with van der Waals surface area (Å²) in [6, 6.07) is 0.187. The van der Waals surface area contributed by atoms with Crippen LogP contribution in [0.3, 0.4) is 0 Å². The number of hydrogen-bond acceptors (Lipinski definition) is 3. The molecular weight excluding hydrogens is 220 g/mol. The molecule has 0 bridgehead atoms. The first-order valence-electron chi connectivity index (χ1n) is 5.97. The van der Waals surface area contributed by atoms with Gasteiger partial charge in [-0.25, -0.2) is 4.98 Å². The van der Waals surface area contributed by atoms with Gasteiger partial charge in [0, 0.05) is 17.0 Å². The van der Waals surface area contributed by atoms with Gasteiger partial charge in [-0.2, -0.15) is 0 Å². The summed E-state index contributed by atoms with van der Waals surface area (Å²) in [5, 5.41) is 4.27. The van der Waals surface area contributed by atoms with Gasteiger partial charge in [0.2, 0.25) is 5.91 Å². The van der Waals surface area contributed by atoms with Crippen LogP contribution in [0.2, 0.25) is 0 Å². The second kappa shape index (κ2) is 3.84. The maximum absolute atomic E-state index is 11.8. The number of nitrogens with zero attached hydrogens (tertiary/aromatic N) is 1. The lowest BCUT2D eigenvalue weighted by molar-refractivity contribution is -0.123. The van der Waals surface area contributed by atoms with E-state index in [-0.39, 0.29) is 11.9 Å². The second-order valence-electron chi connectivity index (χ2n) is 4.91. The number of rotatable bonds is 4. The molecule has 0 radical (unpaired) electrons. The summed E-state index contributed by atoms with van der Waals surface area (Å²) in [5.74, 6) is 1.17. The molecule has 1 atom stereocenters. The molecule has 1 heterocycles. The summed E-state index contributed by atoms with van der Waals surface area (Å²) >= 11 is 1.71. The minimum absolute atomic E-state index is 0.187. The summed E-state index contributed by atoms with van der Waals surface area (Å²) in [6.07, 6.45) is 6.50. The molecule has 2 aliphatic carbocycles. The van der Waals surface area contributed by atoms with E-state index in [0.717, 1.165) is 17.8 Å². The summed E-state index contributed by atoms with van der Waals surface area (Å²) in [4.78, 5) is 17.4. The maximum atomic E-state index is 11.8. The van der Waals surface area contributed by atoms with Gasteiger partial charge in [0.25, 0.3) is 0 Å². The first-order valence-corrected chi connectivity index (χ1v) is 6.78. The van der Waals surface area contributed by atoms with E-state index in [1.807, 2.05) is 6.20 Å². The zero-order chi connectivity index (χ0) is 11.1. The summed E-state index contributed by atoms with van der Waals surface area (Å²) in [5.41, 5.74) is 0. The van der Waals surface area contributed by atoms with E-state index >= 15 is 0 Å². The Balaban J connectivity index is 1.72. The van der Waals surface area contributed by atoms with Crippen molar-refractivity contribution >= 4 is 17.2 Å². The zero-order valence-electron chi connectivity index (χ0n) is 9.40. The topological polar surface area (TPSA) is 42.0 Å². The van der Waals surface area contributed by atoms with E-state index in [1.165, 1.54) is 17.7 Å². The van der Waals surface area contributed by atoms with E-state index in [1.54, 1.807) is 11.3 Å². The van der Waals surface area contributed by atoms with E-state index < -0.39 is 0 Å². The van der Waals surface area contributed by atoms with Crippen LogP contribution < -0.4 is 5.32 Å². The van der Waals surface area contributed by atoms with Crippen molar-refractivity contribution < 1.29 is 4.79 Å². The monoisotopic (exact) mass is 236 g/mol. The summed E-state index contributed by atoms with van der Waals surface area (Å²) < 4.78 is 0. The number of aryl methyl sites for hydroxylation is 1. The highest BCUT2D eigenvalue weighted by atomic mass is 32.1. The standard InChI is InChI=1S/C12H16N2OS/c1-7-6-13-12(16-7)10(8-2-3-8)14-11(15)9-4-5-9/h6,8-10H,2-5H2,1H3,(H,14,15). The van der Waals surface area contributed by atoms with Gasteiger partial charge in [0.1, 0.15) is 5.01 Å². The largest absolute Gasteiger partial charge is 0.346 e. The fourth-order valence-corrected chi connectivity index (χ4v) is 2.86. The van der Waals surface area contributed by atoms with Gasteiger partial charge in [0.05, 0.1) is 6.04 Å². The second-order valence-corrected chi connectivity index (χ2v) is 6.17. The van der Waals surface area contributed by atoms with Crippen LogP contribution in [0, 0.1) is 18.8 Å². The van der Waals surface area contributed by atoms with Gasteiger partial charge < -0.3 is 5.32 Å². The molecule has 1 N–H and O–H groups in total. The number of carbonyl (C=O) groups is 1. The molecule has 1 aromatic heterocycles. The van der Waals surface area contributed by atoms with E-state index in [2.05, 4.69) is 17.2 Å². The number of hydrogen-bond donors (Lipinski definition) is 1. The first-order chi connectivity index (χ1) is 7.74. The molecule has 0 saturated heterocycles. The normalized spacial score (nSPS) is 21.8. The molecule has 2 saturated carbocycles. The van der Waals surface area contributed by atoms with E-state index in [0.29, 0.717) is 11.8 Å². The number of carbonyl (C=O) groups excluding carboxylic acids is 1. The number of aromatic nitrogens is 1. The molecule has 4 heteroatoms. The molecule has 2 aliphatic rings. The molecule has 0 aliphatic heterocycles. The lowest BCUT2D eigenvalue weighted by Gasteiger charge is -2.15. The Bertz CT molecular complexity index is 407. The Kier molecular flexibility index (Phi) is 2.46. The predicted octanol–water partition coefficient (Wildman–Crippen LogP) is 2.43. The highest BCUT2D eigenvalue weighted by Crippen LogP contribution is 2.42. The molecule has 0 spiro atoms. The highest BCUT2D eigenvalue weighted by molar-refractivity contribution is 7.11. The molecule has 3 nitrogen and oxygen atoms in total. The third kappa shape index (κ3) is 2.12. The Labute approximate surface area is 99.3 Å². The van der Waals surface area contributed by atoms with Crippen LogP contribution >= 0.6 is 11.3 Å². The fourth-order valence-electron chi connectivity index (χ4n) is 1.94. The van der Waals surface area contributed by atoms with Crippen molar-refractivity contribution in [3.05, 3.63) is 16.1 Å². The minimum Gasteiger partial charge on any atom is -0.346 e. The lowest BCUT2D eigenvalue weighted by atomic mass is 10.2. The van der Waals surface area contributed by atoms with Crippen molar-refractivity contribution in [3.63, 3.8) is 0 Å². The fraction of sp³-hybridized carbons (Fsp3) is 0.667. The molecule has 1 unspecified atom stereocenters. The Hall–Kier alpha value is -0.900. The molecule has 0 aromatic carbocycles. The van der Waals surface area contributed by atoms with Crippen LogP contribution in [0.4, 0.5) is 0 Å². The minimum atomic E-state index is 0.187. The third-order valence-corrected chi connectivity index (χ3v) is 4.24. The molecular formula is C12H16N2OS. The number of amides is 1. The van der Waals surface area contributed by atoms with Gasteiger partial charge in [-0.15, -0.1) is 11.3 Å². The van der Waals surface area contributed by atoms with Crippen molar-refractivity contribution in [2.45, 2.75) is 38.6 Å². The smallest absolute Gasteiger partial charge is 0.223 e. The van der Waals surface area contributed by atoms with Gasteiger partial charge >= 0.3 is 0 Å². The van der Waals surface area contributed by atoms with Crippen molar-refractivity contribution in [3.8, 4) is 0 Å². The molecule has 3 rings (SSSR count). The van der Waals surface area contributed by atoms with Crippen LogP contribution in [0.5, 0.6) is 0 Å². The zero-order valence-corrected chi connectivity index (χ0v) is 10.2. The molecule has 16 heavy (non-hydrogen) atoms. The van der Waals surface area contributed by atoms with Crippen LogP contribution in [0.1, 0.15) is 41.6 Å².